The lowest BCUT2D eigenvalue weighted by atomic mass is 9.85. The maximum absolute atomic E-state index is 13.7. The molecular weight excluding hydrogens is 453 g/mol. The van der Waals surface area contributed by atoms with Gasteiger partial charge in [-0.3, -0.25) is 9.59 Å². The van der Waals surface area contributed by atoms with Crippen molar-refractivity contribution in [2.24, 2.45) is 0 Å². The molecule has 188 valence electrons. The number of nitrogens with zero attached hydrogens (tertiary/aromatic N) is 3. The Kier molecular flexibility index (Phi) is 7.05. The van der Waals surface area contributed by atoms with Crippen LogP contribution in [0.3, 0.4) is 0 Å². The number of hydrogen-bond acceptors (Lipinski definition) is 5. The number of anilines is 1. The van der Waals surface area contributed by atoms with Crippen molar-refractivity contribution in [2.75, 3.05) is 31.2 Å². The molecule has 1 N–H and O–H groups in total. The highest BCUT2D eigenvalue weighted by molar-refractivity contribution is 5.97. The molecule has 2 aliphatic heterocycles. The van der Waals surface area contributed by atoms with Crippen molar-refractivity contribution in [1.82, 2.24) is 15.1 Å². The molecule has 1 aromatic rings. The number of nitrogens with one attached hydrogen (secondary N) is 1. The fraction of sp³-hybridized carbons (Fsp3) is 0.609. The maximum Gasteiger partial charge on any atom is 0.410 e. The molecule has 0 radical (unpaired) electrons. The molecule has 1 spiro atoms. The summed E-state index contributed by atoms with van der Waals surface area (Å²) in [6.45, 7) is 5.87. The van der Waals surface area contributed by atoms with Crippen molar-refractivity contribution in [3.8, 4) is 0 Å². The quantitative estimate of drug-likeness (QED) is 0.710. The summed E-state index contributed by atoms with van der Waals surface area (Å²) in [5, 5.41) is 1.86. The summed E-state index contributed by atoms with van der Waals surface area (Å²) < 4.78 is 43.1. The van der Waals surface area contributed by atoms with E-state index in [1.807, 2.05) is 40.5 Å². The molecule has 0 aliphatic carbocycles. The van der Waals surface area contributed by atoms with E-state index in [9.17, 15) is 27.6 Å². The van der Waals surface area contributed by atoms with Gasteiger partial charge in [0.05, 0.1) is 6.67 Å². The largest absolute Gasteiger partial charge is 0.444 e. The Morgan fingerprint density at radius 1 is 1.12 bits per heavy atom. The van der Waals surface area contributed by atoms with Crippen LogP contribution in [0.5, 0.6) is 0 Å². The summed E-state index contributed by atoms with van der Waals surface area (Å²) in [5.41, 5.74) is -0.910. The number of carbonyl (C=O) groups excluding carboxylic acids is 3. The number of halogens is 3. The molecule has 0 bridgehead atoms. The van der Waals surface area contributed by atoms with Gasteiger partial charge in [-0.2, -0.15) is 13.2 Å². The summed E-state index contributed by atoms with van der Waals surface area (Å²) in [6, 6.07) is 8.07. The van der Waals surface area contributed by atoms with E-state index in [-0.39, 0.29) is 25.7 Å². The summed E-state index contributed by atoms with van der Waals surface area (Å²) >= 11 is 0. The number of piperidine rings is 1. The molecule has 2 heterocycles. The predicted molar refractivity (Wildman–Crippen MR) is 119 cm³/mol. The number of para-hydroxylation sites is 1. The minimum atomic E-state index is -4.55. The van der Waals surface area contributed by atoms with E-state index in [0.29, 0.717) is 12.8 Å². The number of benzene rings is 1. The van der Waals surface area contributed by atoms with Gasteiger partial charge in [0.15, 0.2) is 0 Å². The van der Waals surface area contributed by atoms with Gasteiger partial charge in [0.1, 0.15) is 23.7 Å². The van der Waals surface area contributed by atoms with Crippen LogP contribution in [-0.4, -0.2) is 77.4 Å². The molecule has 1 unspecified atom stereocenters. The zero-order valence-electron chi connectivity index (χ0n) is 19.8. The summed E-state index contributed by atoms with van der Waals surface area (Å²) in [6.07, 6.45) is -4.41. The normalized spacial score (nSPS) is 19.4. The van der Waals surface area contributed by atoms with Crippen molar-refractivity contribution in [3.63, 3.8) is 0 Å². The molecule has 3 amide bonds. The lowest BCUT2D eigenvalue weighted by Crippen LogP contribution is -2.58. The third-order valence-corrected chi connectivity index (χ3v) is 6.09. The fourth-order valence-corrected chi connectivity index (χ4v) is 4.32. The van der Waals surface area contributed by atoms with Crippen molar-refractivity contribution < 1.29 is 32.3 Å². The molecule has 0 saturated carbocycles. The maximum atomic E-state index is 13.7. The Hall–Kier alpha value is -2.98. The number of amides is 3. The minimum Gasteiger partial charge on any atom is -0.444 e. The van der Waals surface area contributed by atoms with Gasteiger partial charge in [0.2, 0.25) is 5.91 Å². The van der Waals surface area contributed by atoms with Crippen LogP contribution >= 0.6 is 0 Å². The first-order valence-corrected chi connectivity index (χ1v) is 11.2. The molecule has 2 saturated heterocycles. The van der Waals surface area contributed by atoms with Crippen LogP contribution in [-0.2, 0) is 14.3 Å². The number of ether oxygens (including phenoxy) is 1. The van der Waals surface area contributed by atoms with Gasteiger partial charge in [-0.1, -0.05) is 18.2 Å². The van der Waals surface area contributed by atoms with E-state index in [2.05, 4.69) is 0 Å². The first-order chi connectivity index (χ1) is 15.7. The molecule has 0 aromatic heterocycles. The smallest absolute Gasteiger partial charge is 0.410 e. The van der Waals surface area contributed by atoms with Crippen LogP contribution in [0.4, 0.5) is 23.7 Å². The second-order valence-corrected chi connectivity index (χ2v) is 9.69. The minimum absolute atomic E-state index is 0.0515. The Labute approximate surface area is 197 Å². The molecule has 3 rings (SSSR count). The van der Waals surface area contributed by atoms with E-state index >= 15 is 0 Å². The second-order valence-electron chi connectivity index (χ2n) is 9.69. The van der Waals surface area contributed by atoms with Gasteiger partial charge in [-0.25, -0.2) is 4.79 Å². The van der Waals surface area contributed by atoms with Gasteiger partial charge < -0.3 is 24.8 Å². The van der Waals surface area contributed by atoms with Crippen LogP contribution in [0.1, 0.15) is 40.5 Å². The molecule has 2 fully saturated rings. The van der Waals surface area contributed by atoms with Gasteiger partial charge in [-0.05, 0) is 52.7 Å². The topological polar surface area (TPSA) is 82.2 Å². The zero-order chi connectivity index (χ0) is 25.3. The first kappa shape index (κ1) is 25.6. The molecule has 2 aliphatic rings. The standard InChI is InChI=1S/C23H31F3N4O4/c1-16(18(31)27-14-23(24,25)26)29-15-30(17-8-6-5-7-9-17)22(19(29)32)10-12-28(13-11-22)20(33)34-21(2,3)4/h5-9,16H,10-15H2,1-4H3,(H,27,31). The molecule has 34 heavy (non-hydrogen) atoms. The fourth-order valence-electron chi connectivity index (χ4n) is 4.32. The highest BCUT2D eigenvalue weighted by Crippen LogP contribution is 2.40. The number of carbonyl (C=O) groups is 3. The van der Waals surface area contributed by atoms with Gasteiger partial charge >= 0.3 is 12.3 Å². The van der Waals surface area contributed by atoms with Gasteiger partial charge in [0, 0.05) is 18.8 Å². The number of likely N-dealkylation sites (tertiary alicyclic amines) is 1. The van der Waals surface area contributed by atoms with E-state index in [1.54, 1.807) is 25.7 Å². The van der Waals surface area contributed by atoms with Gasteiger partial charge in [-0.15, -0.1) is 0 Å². The zero-order valence-corrected chi connectivity index (χ0v) is 19.8. The molecule has 1 aromatic carbocycles. The lowest BCUT2D eigenvalue weighted by Gasteiger charge is -2.43. The Morgan fingerprint density at radius 2 is 1.71 bits per heavy atom. The summed E-state index contributed by atoms with van der Waals surface area (Å²) in [4.78, 5) is 43.3. The molecule has 1 atom stereocenters. The molecular formula is C23H31F3N4O4. The van der Waals surface area contributed by atoms with Crippen LogP contribution < -0.4 is 10.2 Å². The number of hydrogen-bond donors (Lipinski definition) is 1. The predicted octanol–water partition coefficient (Wildman–Crippen LogP) is 3.13. The van der Waals surface area contributed by atoms with E-state index in [0.717, 1.165) is 5.69 Å². The highest BCUT2D eigenvalue weighted by atomic mass is 19.4. The van der Waals surface area contributed by atoms with E-state index in [4.69, 9.17) is 4.74 Å². The van der Waals surface area contributed by atoms with Crippen molar-refractivity contribution in [1.29, 1.82) is 0 Å². The van der Waals surface area contributed by atoms with Crippen LogP contribution in [0.15, 0.2) is 30.3 Å². The Balaban J connectivity index is 1.81. The third-order valence-electron chi connectivity index (χ3n) is 6.09. The van der Waals surface area contributed by atoms with E-state index in [1.165, 1.54) is 11.8 Å². The van der Waals surface area contributed by atoms with Gasteiger partial charge in [0.25, 0.3) is 5.91 Å². The van der Waals surface area contributed by atoms with Crippen molar-refractivity contribution >= 4 is 23.6 Å². The monoisotopic (exact) mass is 484 g/mol. The first-order valence-electron chi connectivity index (χ1n) is 11.2. The number of alkyl halides is 3. The Bertz CT molecular complexity index is 909. The Morgan fingerprint density at radius 3 is 2.24 bits per heavy atom. The van der Waals surface area contributed by atoms with Crippen LogP contribution in [0.25, 0.3) is 0 Å². The number of rotatable bonds is 4. The van der Waals surface area contributed by atoms with Crippen molar-refractivity contribution in [2.45, 2.75) is 63.9 Å². The van der Waals surface area contributed by atoms with Crippen LogP contribution in [0.2, 0.25) is 0 Å². The summed E-state index contributed by atoms with van der Waals surface area (Å²) in [7, 11) is 0. The average molecular weight is 485 g/mol. The van der Waals surface area contributed by atoms with E-state index < -0.39 is 41.9 Å². The molecule has 11 heteroatoms. The second kappa shape index (κ2) is 9.34. The lowest BCUT2D eigenvalue weighted by molar-refractivity contribution is -0.145. The summed E-state index contributed by atoms with van der Waals surface area (Å²) in [5.74, 6) is -1.21. The third kappa shape index (κ3) is 5.56. The van der Waals surface area contributed by atoms with Crippen LogP contribution in [0, 0.1) is 0 Å². The highest BCUT2D eigenvalue weighted by Gasteiger charge is 2.56. The van der Waals surface area contributed by atoms with Crippen molar-refractivity contribution in [3.05, 3.63) is 30.3 Å². The average Bonchev–Trinajstić information content (AvgIpc) is 3.03. The SMILES string of the molecule is CC(C(=O)NCC(F)(F)F)N1CN(c2ccccc2)C2(CCN(C(=O)OC(C)(C)C)CC2)C1=O. The molecule has 8 nitrogen and oxygen atoms in total.